The molecule has 14 nitrogen and oxygen atoms in total. The summed E-state index contributed by atoms with van der Waals surface area (Å²) in [5, 5.41) is 3.49. The second-order valence-corrected chi connectivity index (χ2v) is 9.55. The molecule has 200 valence electrons. The molecular weight excluding hydrogens is 514 g/mol. The molecular formula is C19H29NO13S2. The van der Waals surface area contributed by atoms with Crippen molar-refractivity contribution in [2.24, 2.45) is 11.1 Å². The van der Waals surface area contributed by atoms with Crippen LogP contribution in [0.4, 0.5) is 0 Å². The summed E-state index contributed by atoms with van der Waals surface area (Å²) in [5.41, 5.74) is -1.23. The van der Waals surface area contributed by atoms with E-state index in [0.717, 1.165) is 39.5 Å². The Morgan fingerprint density at radius 2 is 1.46 bits per heavy atom. The Bertz CT molecular complexity index is 920. The van der Waals surface area contributed by atoms with Gasteiger partial charge in [-0.1, -0.05) is 30.8 Å². The first-order valence-electron chi connectivity index (χ1n) is 10.4. The van der Waals surface area contributed by atoms with E-state index in [1.165, 1.54) is 0 Å². The van der Waals surface area contributed by atoms with Crippen molar-refractivity contribution in [1.82, 2.24) is 0 Å². The molecule has 0 bridgehead atoms. The maximum Gasteiger partial charge on any atom is 0.466 e. The van der Waals surface area contributed by atoms with Crippen LogP contribution in [0, 0.1) is 5.92 Å². The van der Waals surface area contributed by atoms with Gasteiger partial charge in [-0.15, -0.1) is 0 Å². The van der Waals surface area contributed by atoms with Crippen LogP contribution in [-0.2, 0) is 57.5 Å². The van der Waals surface area contributed by atoms with Gasteiger partial charge in [-0.2, -0.15) is 8.42 Å². The summed E-state index contributed by atoms with van der Waals surface area (Å²) in [4.78, 5) is 46.9. The molecule has 1 rings (SSSR count). The molecule has 0 spiro atoms. The van der Waals surface area contributed by atoms with Crippen LogP contribution < -0.4 is 0 Å². The van der Waals surface area contributed by atoms with Gasteiger partial charge in [0.05, 0.1) is 0 Å². The van der Waals surface area contributed by atoms with E-state index in [2.05, 4.69) is 9.44 Å². The predicted molar refractivity (Wildman–Crippen MR) is 119 cm³/mol. The monoisotopic (exact) mass is 543 g/mol. The van der Waals surface area contributed by atoms with Crippen molar-refractivity contribution in [1.29, 1.82) is 0 Å². The van der Waals surface area contributed by atoms with Crippen LogP contribution in [0.15, 0.2) is 5.16 Å². The summed E-state index contributed by atoms with van der Waals surface area (Å²) >= 11 is 0.757. The van der Waals surface area contributed by atoms with Gasteiger partial charge in [0.1, 0.15) is 23.2 Å². The van der Waals surface area contributed by atoms with Gasteiger partial charge < -0.3 is 23.7 Å². The highest BCUT2D eigenvalue weighted by molar-refractivity contribution is 8.14. The van der Waals surface area contributed by atoms with E-state index in [1.54, 1.807) is 13.8 Å². The Hall–Kier alpha value is -2.43. The Morgan fingerprint density at radius 1 is 0.943 bits per heavy atom. The van der Waals surface area contributed by atoms with Crippen molar-refractivity contribution in [2.75, 3.05) is 6.61 Å². The van der Waals surface area contributed by atoms with Crippen molar-refractivity contribution >= 4 is 51.1 Å². The highest BCUT2D eigenvalue weighted by atomic mass is 32.3. The van der Waals surface area contributed by atoms with Gasteiger partial charge in [-0.05, 0) is 6.42 Å². The van der Waals surface area contributed by atoms with Crippen LogP contribution >= 0.6 is 11.8 Å². The van der Waals surface area contributed by atoms with Gasteiger partial charge in [0, 0.05) is 33.6 Å². The van der Waals surface area contributed by atoms with Crippen LogP contribution in [0.3, 0.4) is 0 Å². The molecule has 0 amide bonds. The zero-order valence-corrected chi connectivity index (χ0v) is 21.6. The van der Waals surface area contributed by atoms with Gasteiger partial charge in [0.15, 0.2) is 18.3 Å². The Morgan fingerprint density at radius 3 is 1.91 bits per heavy atom. The third kappa shape index (κ3) is 10.8. The minimum Gasteiger partial charge on any atom is -0.463 e. The van der Waals surface area contributed by atoms with E-state index in [0.29, 0.717) is 6.42 Å². The van der Waals surface area contributed by atoms with Gasteiger partial charge in [0.2, 0.25) is 0 Å². The fourth-order valence-corrected chi connectivity index (χ4v) is 4.37. The van der Waals surface area contributed by atoms with Gasteiger partial charge in [-0.25, -0.2) is 4.28 Å². The van der Waals surface area contributed by atoms with E-state index >= 15 is 0 Å². The van der Waals surface area contributed by atoms with E-state index in [4.69, 9.17) is 28.2 Å². The fourth-order valence-electron chi connectivity index (χ4n) is 2.89. The van der Waals surface area contributed by atoms with Crippen molar-refractivity contribution in [3.63, 3.8) is 0 Å². The number of nitrogens with zero attached hydrogens (tertiary/aromatic N) is 1. The third-order valence-corrected chi connectivity index (χ3v) is 6.03. The predicted octanol–water partition coefficient (Wildman–Crippen LogP) is 0.982. The zero-order valence-electron chi connectivity index (χ0n) is 20.0. The van der Waals surface area contributed by atoms with Crippen LogP contribution in [0.2, 0.25) is 0 Å². The lowest BCUT2D eigenvalue weighted by atomic mass is 9.99. The van der Waals surface area contributed by atoms with Crippen LogP contribution in [0.5, 0.6) is 0 Å². The number of ether oxygens (including phenoxy) is 5. The van der Waals surface area contributed by atoms with Crippen LogP contribution in [0.25, 0.3) is 0 Å². The Balaban J connectivity index is 3.52. The molecule has 0 aromatic heterocycles. The van der Waals surface area contributed by atoms with Crippen molar-refractivity contribution in [3.8, 4) is 0 Å². The number of hydrogen-bond donors (Lipinski definition) is 1. The fraction of sp³-hybridized carbons (Fsp3) is 0.737. The average Bonchev–Trinajstić information content (AvgIpc) is 2.71. The summed E-state index contributed by atoms with van der Waals surface area (Å²) in [5.74, 6) is -3.47. The topological polar surface area (TPSA) is 190 Å². The van der Waals surface area contributed by atoms with Crippen molar-refractivity contribution in [2.45, 2.75) is 77.8 Å². The lowest BCUT2D eigenvalue weighted by molar-refractivity contribution is -0.237. The van der Waals surface area contributed by atoms with E-state index in [1.807, 2.05) is 0 Å². The van der Waals surface area contributed by atoms with Crippen LogP contribution in [-0.4, -0.2) is 78.4 Å². The normalized spacial score (nSPS) is 25.7. The lowest BCUT2D eigenvalue weighted by Gasteiger charge is -2.44. The molecule has 0 aliphatic carbocycles. The Labute approximate surface area is 206 Å². The average molecular weight is 544 g/mol. The molecule has 1 saturated heterocycles. The number of rotatable bonds is 10. The van der Waals surface area contributed by atoms with Gasteiger partial charge >= 0.3 is 34.3 Å². The largest absolute Gasteiger partial charge is 0.466 e. The third-order valence-electron chi connectivity index (χ3n) is 4.44. The number of hydrogen-bond acceptors (Lipinski definition) is 14. The molecule has 6 unspecified atom stereocenters. The number of esters is 4. The molecule has 16 heteroatoms. The minimum absolute atomic E-state index is 0.0195. The molecule has 0 radical (unpaired) electrons. The SMILES string of the molecule is CCC(C)C(=NOS(=O)(=O)O)SC1OC(COC(C)=O)C(OC(C)=O)C(OC(C)=O)C1OC(C)=O. The first-order chi connectivity index (χ1) is 16.1. The molecule has 1 fully saturated rings. The van der Waals surface area contributed by atoms with Crippen molar-refractivity contribution in [3.05, 3.63) is 0 Å². The first kappa shape index (κ1) is 30.6. The number of carbonyl (C=O) groups is 4. The molecule has 0 saturated carbocycles. The molecule has 1 heterocycles. The van der Waals surface area contributed by atoms with Crippen LogP contribution in [0.1, 0.15) is 48.0 Å². The maximum atomic E-state index is 11.9. The molecule has 0 aromatic carbocycles. The van der Waals surface area contributed by atoms with E-state index < -0.39 is 76.7 Å². The lowest BCUT2D eigenvalue weighted by Crippen LogP contribution is -2.61. The van der Waals surface area contributed by atoms with Gasteiger partial charge in [0.25, 0.3) is 0 Å². The minimum atomic E-state index is -4.92. The Kier molecular flexibility index (Phi) is 11.9. The standard InChI is InChI=1S/C19H29NO13S2/c1-7-9(2)18(20-33-35(25,26)27)34-19-17(31-13(6)24)16(30-12(5)23)15(29-11(4)22)14(32-19)8-28-10(3)21/h9,14-17,19H,7-8H2,1-6H3,(H,25,26,27). The van der Waals surface area contributed by atoms with E-state index in [-0.39, 0.29) is 5.04 Å². The number of thioether (sulfide) groups is 1. The molecule has 1 aliphatic heterocycles. The van der Waals surface area contributed by atoms with Gasteiger partial charge in [-0.3, -0.25) is 23.7 Å². The summed E-state index contributed by atoms with van der Waals surface area (Å²) < 4.78 is 62.0. The van der Waals surface area contributed by atoms with Crippen molar-refractivity contribution < 1.29 is 60.1 Å². The number of carbonyl (C=O) groups excluding carboxylic acids is 4. The summed E-state index contributed by atoms with van der Waals surface area (Å²) in [6.07, 6.45) is -4.84. The molecule has 35 heavy (non-hydrogen) atoms. The second kappa shape index (κ2) is 13.6. The highest BCUT2D eigenvalue weighted by Gasteiger charge is 2.53. The molecule has 1 aliphatic rings. The zero-order chi connectivity index (χ0) is 26.9. The summed E-state index contributed by atoms with van der Waals surface area (Å²) in [7, 11) is -4.92. The molecule has 0 aromatic rings. The molecule has 1 N–H and O–H groups in total. The summed E-state index contributed by atoms with van der Waals surface area (Å²) in [6.45, 7) is 7.42. The maximum absolute atomic E-state index is 11.9. The smallest absolute Gasteiger partial charge is 0.463 e. The number of oxime groups is 1. The highest BCUT2D eigenvalue weighted by Crippen LogP contribution is 2.36. The van der Waals surface area contributed by atoms with E-state index in [9.17, 15) is 27.6 Å². The molecule has 6 atom stereocenters. The summed E-state index contributed by atoms with van der Waals surface area (Å²) in [6, 6.07) is 0. The second-order valence-electron chi connectivity index (χ2n) is 7.43. The quantitative estimate of drug-likeness (QED) is 0.102. The first-order valence-corrected chi connectivity index (χ1v) is 12.6.